The van der Waals surface area contributed by atoms with Crippen LogP contribution in [0, 0.1) is 5.92 Å². The Morgan fingerprint density at radius 3 is 2.87 bits per heavy atom. The zero-order valence-electron chi connectivity index (χ0n) is 9.99. The van der Waals surface area contributed by atoms with Crippen LogP contribution < -0.4 is 5.32 Å². The molecule has 1 N–H and O–H groups in total. The number of nitrogens with zero attached hydrogens (tertiary/aromatic N) is 1. The molecule has 0 aromatic carbocycles. The van der Waals surface area contributed by atoms with Crippen LogP contribution in [0.5, 0.6) is 0 Å². The predicted octanol–water partition coefficient (Wildman–Crippen LogP) is 1.96. The second-order valence-corrected chi connectivity index (χ2v) is 4.07. The SMILES string of the molecule is CCN(Cc1ccco1)CC(C)CNC. The molecule has 15 heavy (non-hydrogen) atoms. The minimum absolute atomic E-state index is 0.671. The third-order valence-electron chi connectivity index (χ3n) is 2.53. The van der Waals surface area contributed by atoms with E-state index in [0.717, 1.165) is 31.9 Å². The Morgan fingerprint density at radius 1 is 1.53 bits per heavy atom. The van der Waals surface area contributed by atoms with Crippen LogP contribution in [0.2, 0.25) is 0 Å². The third kappa shape index (κ3) is 4.49. The minimum Gasteiger partial charge on any atom is -0.468 e. The van der Waals surface area contributed by atoms with Gasteiger partial charge in [-0.05, 0) is 38.2 Å². The molecule has 0 radical (unpaired) electrons. The summed E-state index contributed by atoms with van der Waals surface area (Å²) in [6.07, 6.45) is 1.74. The van der Waals surface area contributed by atoms with Crippen LogP contribution >= 0.6 is 0 Å². The predicted molar refractivity (Wildman–Crippen MR) is 62.7 cm³/mol. The Morgan fingerprint density at radius 2 is 2.33 bits per heavy atom. The van der Waals surface area contributed by atoms with E-state index in [1.807, 2.05) is 19.2 Å². The van der Waals surface area contributed by atoms with Gasteiger partial charge in [-0.3, -0.25) is 4.90 Å². The highest BCUT2D eigenvalue weighted by atomic mass is 16.3. The Bertz CT molecular complexity index is 246. The second-order valence-electron chi connectivity index (χ2n) is 4.07. The van der Waals surface area contributed by atoms with E-state index in [1.54, 1.807) is 6.26 Å². The largest absolute Gasteiger partial charge is 0.468 e. The zero-order valence-corrected chi connectivity index (χ0v) is 9.99. The summed E-state index contributed by atoms with van der Waals surface area (Å²) in [7, 11) is 2.00. The van der Waals surface area contributed by atoms with Crippen molar-refractivity contribution in [2.24, 2.45) is 5.92 Å². The Kier molecular flexibility index (Phi) is 5.43. The molecule has 1 aromatic heterocycles. The van der Waals surface area contributed by atoms with E-state index in [0.29, 0.717) is 5.92 Å². The standard InChI is InChI=1S/C12H22N2O/c1-4-14(9-11(2)8-13-3)10-12-6-5-7-15-12/h5-7,11,13H,4,8-10H2,1-3H3. The summed E-state index contributed by atoms with van der Waals surface area (Å²) >= 11 is 0. The van der Waals surface area contributed by atoms with Crippen LogP contribution in [0.15, 0.2) is 22.8 Å². The van der Waals surface area contributed by atoms with Gasteiger partial charge in [-0.25, -0.2) is 0 Å². The normalized spacial score (nSPS) is 13.3. The molecule has 0 aliphatic heterocycles. The van der Waals surface area contributed by atoms with Gasteiger partial charge in [-0.2, -0.15) is 0 Å². The fraction of sp³-hybridized carbons (Fsp3) is 0.667. The van der Waals surface area contributed by atoms with Gasteiger partial charge >= 0.3 is 0 Å². The van der Waals surface area contributed by atoms with Crippen molar-refractivity contribution in [3.05, 3.63) is 24.2 Å². The van der Waals surface area contributed by atoms with Gasteiger partial charge in [0.25, 0.3) is 0 Å². The molecule has 3 nitrogen and oxygen atoms in total. The first kappa shape index (κ1) is 12.3. The molecule has 0 aliphatic carbocycles. The number of rotatable bonds is 7. The van der Waals surface area contributed by atoms with E-state index in [9.17, 15) is 0 Å². The summed E-state index contributed by atoms with van der Waals surface area (Å²) in [4.78, 5) is 2.40. The van der Waals surface area contributed by atoms with E-state index in [1.165, 1.54) is 0 Å². The average Bonchev–Trinajstić information content (AvgIpc) is 2.70. The molecule has 0 saturated heterocycles. The van der Waals surface area contributed by atoms with Crippen LogP contribution in [-0.2, 0) is 6.54 Å². The van der Waals surface area contributed by atoms with Crippen molar-refractivity contribution in [2.45, 2.75) is 20.4 Å². The number of nitrogens with one attached hydrogen (secondary N) is 1. The summed E-state index contributed by atoms with van der Waals surface area (Å²) in [5.41, 5.74) is 0. The van der Waals surface area contributed by atoms with Gasteiger partial charge in [0.05, 0.1) is 12.8 Å². The summed E-state index contributed by atoms with van der Waals surface area (Å²) < 4.78 is 5.35. The Labute approximate surface area is 92.5 Å². The number of furan rings is 1. The maximum atomic E-state index is 5.35. The van der Waals surface area contributed by atoms with Gasteiger partial charge in [-0.15, -0.1) is 0 Å². The van der Waals surface area contributed by atoms with E-state index in [-0.39, 0.29) is 0 Å². The molecular formula is C12H22N2O. The van der Waals surface area contributed by atoms with Crippen molar-refractivity contribution in [3.63, 3.8) is 0 Å². The maximum absolute atomic E-state index is 5.35. The van der Waals surface area contributed by atoms with Gasteiger partial charge in [0.2, 0.25) is 0 Å². The summed E-state index contributed by atoms with van der Waals surface area (Å²) in [6.45, 7) is 8.61. The fourth-order valence-corrected chi connectivity index (χ4v) is 1.78. The molecule has 3 heteroatoms. The zero-order chi connectivity index (χ0) is 11.1. The van der Waals surface area contributed by atoms with Gasteiger partial charge in [0.1, 0.15) is 5.76 Å². The molecule has 1 aromatic rings. The molecular weight excluding hydrogens is 188 g/mol. The van der Waals surface area contributed by atoms with Crippen LogP contribution in [0.4, 0.5) is 0 Å². The van der Waals surface area contributed by atoms with E-state index >= 15 is 0 Å². The lowest BCUT2D eigenvalue weighted by Crippen LogP contribution is -2.31. The first-order valence-electron chi connectivity index (χ1n) is 5.65. The van der Waals surface area contributed by atoms with Crippen LogP contribution in [0.3, 0.4) is 0 Å². The molecule has 0 aliphatic rings. The lowest BCUT2D eigenvalue weighted by molar-refractivity contribution is 0.222. The van der Waals surface area contributed by atoms with Gasteiger partial charge in [-0.1, -0.05) is 13.8 Å². The molecule has 0 bridgehead atoms. The molecule has 0 spiro atoms. The molecule has 1 heterocycles. The molecule has 0 fully saturated rings. The highest BCUT2D eigenvalue weighted by molar-refractivity contribution is 4.97. The molecule has 86 valence electrons. The van der Waals surface area contributed by atoms with Crippen molar-refractivity contribution in [1.82, 2.24) is 10.2 Å². The van der Waals surface area contributed by atoms with E-state index < -0.39 is 0 Å². The van der Waals surface area contributed by atoms with Gasteiger partial charge < -0.3 is 9.73 Å². The van der Waals surface area contributed by atoms with Gasteiger partial charge in [0.15, 0.2) is 0 Å². The minimum atomic E-state index is 0.671. The lowest BCUT2D eigenvalue weighted by Gasteiger charge is -2.23. The van der Waals surface area contributed by atoms with Crippen molar-refractivity contribution >= 4 is 0 Å². The van der Waals surface area contributed by atoms with Crippen LogP contribution in [-0.4, -0.2) is 31.6 Å². The summed E-state index contributed by atoms with van der Waals surface area (Å²) in [6, 6.07) is 3.98. The average molecular weight is 210 g/mol. The van der Waals surface area contributed by atoms with Crippen molar-refractivity contribution < 1.29 is 4.42 Å². The summed E-state index contributed by atoms with van der Waals surface area (Å²) in [5, 5.41) is 3.21. The van der Waals surface area contributed by atoms with E-state index in [4.69, 9.17) is 4.42 Å². The van der Waals surface area contributed by atoms with Crippen LogP contribution in [0.1, 0.15) is 19.6 Å². The first-order valence-corrected chi connectivity index (χ1v) is 5.65. The smallest absolute Gasteiger partial charge is 0.117 e. The quantitative estimate of drug-likeness (QED) is 0.745. The lowest BCUT2D eigenvalue weighted by atomic mass is 10.1. The molecule has 1 rings (SSSR count). The molecule has 0 amide bonds. The maximum Gasteiger partial charge on any atom is 0.117 e. The van der Waals surface area contributed by atoms with Crippen molar-refractivity contribution in [3.8, 4) is 0 Å². The van der Waals surface area contributed by atoms with Gasteiger partial charge in [0, 0.05) is 6.54 Å². The van der Waals surface area contributed by atoms with Crippen LogP contribution in [0.25, 0.3) is 0 Å². The first-order chi connectivity index (χ1) is 7.26. The highest BCUT2D eigenvalue weighted by Crippen LogP contribution is 2.07. The third-order valence-corrected chi connectivity index (χ3v) is 2.53. The molecule has 1 unspecified atom stereocenters. The topological polar surface area (TPSA) is 28.4 Å². The molecule has 0 saturated carbocycles. The Hall–Kier alpha value is -0.800. The molecule has 1 atom stereocenters. The fourth-order valence-electron chi connectivity index (χ4n) is 1.78. The number of hydrogen-bond acceptors (Lipinski definition) is 3. The summed E-state index contributed by atoms with van der Waals surface area (Å²) in [5.74, 6) is 1.72. The second kappa shape index (κ2) is 6.64. The van der Waals surface area contributed by atoms with E-state index in [2.05, 4.69) is 24.1 Å². The Balaban J connectivity index is 2.35. The highest BCUT2D eigenvalue weighted by Gasteiger charge is 2.09. The monoisotopic (exact) mass is 210 g/mol. The van der Waals surface area contributed by atoms with Crippen molar-refractivity contribution in [1.29, 1.82) is 0 Å². The number of hydrogen-bond donors (Lipinski definition) is 1. The van der Waals surface area contributed by atoms with Crippen molar-refractivity contribution in [2.75, 3.05) is 26.7 Å².